The zero-order valence-corrected chi connectivity index (χ0v) is 19.0. The van der Waals surface area contributed by atoms with Crippen molar-refractivity contribution in [2.45, 2.75) is 33.4 Å². The lowest BCUT2D eigenvalue weighted by Crippen LogP contribution is -2.14. The first-order valence-corrected chi connectivity index (χ1v) is 10.5. The maximum atomic E-state index is 13.2. The minimum Gasteiger partial charge on any atom is -0.476 e. The minimum atomic E-state index is -2.83. The van der Waals surface area contributed by atoms with E-state index in [1.54, 1.807) is 26.0 Å². The molecule has 4 rings (SSSR count). The van der Waals surface area contributed by atoms with Crippen LogP contribution in [0.15, 0.2) is 45.9 Å². The van der Waals surface area contributed by atoms with Crippen LogP contribution in [0.1, 0.15) is 46.7 Å². The number of fused-ring (bicyclic) bond motifs is 1. The zero-order valence-electron chi connectivity index (χ0n) is 18.3. The summed E-state index contributed by atoms with van der Waals surface area (Å²) in [5.74, 6) is -1.13. The average molecular weight is 489 g/mol. The van der Waals surface area contributed by atoms with Gasteiger partial charge in [0.05, 0.1) is 28.9 Å². The molecule has 0 fully saturated rings. The van der Waals surface area contributed by atoms with Gasteiger partial charge in [0, 0.05) is 17.3 Å². The molecule has 3 heterocycles. The minimum absolute atomic E-state index is 0.0343. The fourth-order valence-corrected chi connectivity index (χ4v) is 3.90. The van der Waals surface area contributed by atoms with Crippen molar-refractivity contribution in [1.29, 1.82) is 0 Å². The SMILES string of the molecule is Cc1cc([C@@H](C)Nc2ccc(Cl)nc2C(=O)O)c2oc(-c3cnn(C(F)F)c3)c(C)c(=O)c2c1. The summed E-state index contributed by atoms with van der Waals surface area (Å²) in [5, 5.41) is 16.5. The molecule has 0 saturated heterocycles. The number of hydrogen-bond donors (Lipinski definition) is 2. The summed E-state index contributed by atoms with van der Waals surface area (Å²) in [4.78, 5) is 28.6. The molecule has 0 aliphatic carbocycles. The molecule has 1 atom stereocenters. The molecule has 2 N–H and O–H groups in total. The van der Waals surface area contributed by atoms with Gasteiger partial charge in [-0.05, 0) is 44.5 Å². The van der Waals surface area contributed by atoms with Crippen molar-refractivity contribution in [3.63, 3.8) is 0 Å². The maximum Gasteiger partial charge on any atom is 0.356 e. The van der Waals surface area contributed by atoms with Gasteiger partial charge in [0.2, 0.25) is 0 Å². The first kappa shape index (κ1) is 23.4. The summed E-state index contributed by atoms with van der Waals surface area (Å²) < 4.78 is 32.6. The predicted octanol–water partition coefficient (Wildman–Crippen LogP) is 5.59. The molecule has 11 heteroatoms. The monoisotopic (exact) mass is 488 g/mol. The summed E-state index contributed by atoms with van der Waals surface area (Å²) >= 11 is 5.84. The third-order valence-corrected chi connectivity index (χ3v) is 5.57. The summed E-state index contributed by atoms with van der Waals surface area (Å²) in [5.41, 5.74) is 1.76. The van der Waals surface area contributed by atoms with Crippen LogP contribution in [0.3, 0.4) is 0 Å². The number of carboxylic acids is 1. The van der Waals surface area contributed by atoms with Crippen molar-refractivity contribution in [3.05, 3.63) is 74.4 Å². The smallest absolute Gasteiger partial charge is 0.356 e. The van der Waals surface area contributed by atoms with E-state index in [-0.39, 0.29) is 44.4 Å². The maximum absolute atomic E-state index is 13.2. The van der Waals surface area contributed by atoms with E-state index in [0.29, 0.717) is 15.6 Å². The quantitative estimate of drug-likeness (QED) is 0.340. The van der Waals surface area contributed by atoms with Gasteiger partial charge in [-0.2, -0.15) is 13.9 Å². The molecule has 0 unspecified atom stereocenters. The van der Waals surface area contributed by atoms with Crippen molar-refractivity contribution < 1.29 is 23.1 Å². The first-order chi connectivity index (χ1) is 16.1. The predicted molar refractivity (Wildman–Crippen MR) is 123 cm³/mol. The first-order valence-electron chi connectivity index (χ1n) is 10.1. The van der Waals surface area contributed by atoms with E-state index in [0.717, 1.165) is 11.8 Å². The number of alkyl halides is 2. The van der Waals surface area contributed by atoms with E-state index < -0.39 is 18.6 Å². The standard InChI is InChI=1S/C23H19ClF2N4O4/c1-10-6-14(12(3)28-16-4-5-17(24)29-18(16)22(32)33)21-15(7-10)19(31)11(2)20(34-21)13-8-27-30(9-13)23(25)26/h4-9,12,23,28H,1-3H3,(H,32,33)/t12-/m1/s1. The molecule has 0 aliphatic rings. The van der Waals surface area contributed by atoms with Gasteiger partial charge in [-0.1, -0.05) is 17.7 Å². The largest absolute Gasteiger partial charge is 0.476 e. The highest BCUT2D eigenvalue weighted by Gasteiger charge is 2.22. The van der Waals surface area contributed by atoms with Crippen molar-refractivity contribution >= 4 is 34.2 Å². The molecule has 0 saturated carbocycles. The molecule has 0 radical (unpaired) electrons. The van der Waals surface area contributed by atoms with E-state index >= 15 is 0 Å². The summed E-state index contributed by atoms with van der Waals surface area (Å²) in [6.45, 7) is 2.31. The number of aromatic nitrogens is 3. The van der Waals surface area contributed by atoms with Gasteiger partial charge in [0.1, 0.15) is 16.5 Å². The van der Waals surface area contributed by atoms with Gasteiger partial charge >= 0.3 is 12.5 Å². The van der Waals surface area contributed by atoms with E-state index in [4.69, 9.17) is 16.0 Å². The fourth-order valence-electron chi connectivity index (χ4n) is 3.75. The number of benzene rings is 1. The Kier molecular flexibility index (Phi) is 6.09. The van der Waals surface area contributed by atoms with Gasteiger partial charge < -0.3 is 14.8 Å². The highest BCUT2D eigenvalue weighted by Crippen LogP contribution is 2.33. The second-order valence-corrected chi connectivity index (χ2v) is 8.19. The number of aromatic carboxylic acids is 1. The normalized spacial score (nSPS) is 12.3. The van der Waals surface area contributed by atoms with Gasteiger partial charge in [-0.3, -0.25) is 4.79 Å². The molecule has 0 amide bonds. The second kappa shape index (κ2) is 8.86. The Morgan fingerprint density at radius 1 is 1.26 bits per heavy atom. The van der Waals surface area contributed by atoms with Crippen LogP contribution in [0.25, 0.3) is 22.3 Å². The molecular formula is C23H19ClF2N4O4. The third-order valence-electron chi connectivity index (χ3n) is 5.36. The number of pyridine rings is 1. The summed E-state index contributed by atoms with van der Waals surface area (Å²) in [7, 11) is 0. The van der Waals surface area contributed by atoms with Crippen molar-refractivity contribution in [1.82, 2.24) is 14.8 Å². The second-order valence-electron chi connectivity index (χ2n) is 7.80. The number of nitrogens with zero attached hydrogens (tertiary/aromatic N) is 3. The number of aryl methyl sites for hydroxylation is 1. The molecule has 0 bridgehead atoms. The molecule has 4 aromatic rings. The van der Waals surface area contributed by atoms with Crippen LogP contribution in [-0.4, -0.2) is 25.8 Å². The highest BCUT2D eigenvalue weighted by molar-refractivity contribution is 6.29. The Balaban J connectivity index is 1.87. The van der Waals surface area contributed by atoms with Crippen LogP contribution in [0, 0.1) is 13.8 Å². The van der Waals surface area contributed by atoms with Gasteiger partial charge in [0.15, 0.2) is 11.1 Å². The van der Waals surface area contributed by atoms with Gasteiger partial charge in [-0.25, -0.2) is 14.5 Å². The Morgan fingerprint density at radius 2 is 2.00 bits per heavy atom. The van der Waals surface area contributed by atoms with Crippen molar-refractivity contribution in [3.8, 4) is 11.3 Å². The molecule has 8 nitrogen and oxygen atoms in total. The molecule has 1 aromatic carbocycles. The molecule has 176 valence electrons. The number of halogens is 3. The zero-order chi connectivity index (χ0) is 24.7. The number of rotatable bonds is 6. The summed E-state index contributed by atoms with van der Waals surface area (Å²) in [6, 6.07) is 5.92. The van der Waals surface area contributed by atoms with E-state index in [9.17, 15) is 23.5 Å². The van der Waals surface area contributed by atoms with E-state index in [2.05, 4.69) is 15.4 Å². The molecule has 3 aromatic heterocycles. The number of hydrogen-bond acceptors (Lipinski definition) is 6. The number of carbonyl (C=O) groups is 1. The molecule has 34 heavy (non-hydrogen) atoms. The van der Waals surface area contributed by atoms with E-state index in [1.807, 2.05) is 6.92 Å². The molecule has 0 aliphatic heterocycles. The topological polar surface area (TPSA) is 110 Å². The van der Waals surface area contributed by atoms with Crippen molar-refractivity contribution in [2.24, 2.45) is 0 Å². The van der Waals surface area contributed by atoms with Crippen LogP contribution in [-0.2, 0) is 0 Å². The Bertz CT molecular complexity index is 1480. The van der Waals surface area contributed by atoms with Gasteiger partial charge in [0.25, 0.3) is 0 Å². The van der Waals surface area contributed by atoms with Crippen LogP contribution < -0.4 is 10.7 Å². The lowest BCUT2D eigenvalue weighted by molar-refractivity contribution is 0.0566. The molecule has 0 spiro atoms. The van der Waals surface area contributed by atoms with Gasteiger partial charge in [-0.15, -0.1) is 0 Å². The van der Waals surface area contributed by atoms with Crippen molar-refractivity contribution in [2.75, 3.05) is 5.32 Å². The fraction of sp³-hybridized carbons (Fsp3) is 0.217. The third kappa shape index (κ3) is 4.24. The van der Waals surface area contributed by atoms with E-state index in [1.165, 1.54) is 18.3 Å². The van der Waals surface area contributed by atoms with Crippen LogP contribution in [0.4, 0.5) is 14.5 Å². The van der Waals surface area contributed by atoms with Crippen LogP contribution >= 0.6 is 11.6 Å². The summed E-state index contributed by atoms with van der Waals surface area (Å²) in [6.07, 6.45) is 2.31. The Hall–Kier alpha value is -3.79. The highest BCUT2D eigenvalue weighted by atomic mass is 35.5. The average Bonchev–Trinajstić information content (AvgIpc) is 3.27. The lowest BCUT2D eigenvalue weighted by atomic mass is 9.99. The Morgan fingerprint density at radius 3 is 2.65 bits per heavy atom. The lowest BCUT2D eigenvalue weighted by Gasteiger charge is -2.19. The number of nitrogens with one attached hydrogen (secondary N) is 1. The molecular weight excluding hydrogens is 470 g/mol. The number of anilines is 1. The van der Waals surface area contributed by atoms with Crippen LogP contribution in [0.2, 0.25) is 5.15 Å². The number of carboxylic acid groups (broad SMARTS) is 1. The Labute approximate surface area is 196 Å². The van der Waals surface area contributed by atoms with Crippen LogP contribution in [0.5, 0.6) is 0 Å².